The van der Waals surface area contributed by atoms with E-state index in [0.717, 1.165) is 17.0 Å². The molecular formula is C22H29N3O4. The first-order chi connectivity index (χ1) is 13.9. The minimum Gasteiger partial charge on any atom is -0.496 e. The number of hydrogen-bond donors (Lipinski definition) is 0. The maximum absolute atomic E-state index is 13.1. The number of hydrogen-bond acceptors (Lipinski definition) is 5. The van der Waals surface area contributed by atoms with Crippen molar-refractivity contribution in [1.29, 1.82) is 0 Å². The molecule has 0 aliphatic carbocycles. The van der Waals surface area contributed by atoms with Crippen LogP contribution in [0.5, 0.6) is 11.5 Å². The molecular weight excluding hydrogens is 370 g/mol. The minimum atomic E-state index is -0.111. The highest BCUT2D eigenvalue weighted by molar-refractivity contribution is 6.00. The third kappa shape index (κ3) is 4.15. The molecule has 0 atom stereocenters. The number of ether oxygens (including phenoxy) is 2. The molecule has 0 saturated carbocycles. The molecule has 2 aromatic rings. The summed E-state index contributed by atoms with van der Waals surface area (Å²) in [6, 6.07) is 7.26. The van der Waals surface area contributed by atoms with E-state index in [2.05, 4.69) is 4.90 Å². The van der Waals surface area contributed by atoms with Crippen LogP contribution in [0.4, 0.5) is 0 Å². The number of rotatable bonds is 6. The Labute approximate surface area is 171 Å². The number of aryl methyl sites for hydroxylation is 1. The molecule has 1 aromatic heterocycles. The second-order valence-electron chi connectivity index (χ2n) is 7.37. The van der Waals surface area contributed by atoms with Crippen LogP contribution in [-0.4, -0.2) is 73.0 Å². The van der Waals surface area contributed by atoms with Gasteiger partial charge in [-0.25, -0.2) is 0 Å². The van der Waals surface area contributed by atoms with Crippen molar-refractivity contribution in [2.24, 2.45) is 7.05 Å². The van der Waals surface area contributed by atoms with Gasteiger partial charge >= 0.3 is 0 Å². The highest BCUT2D eigenvalue weighted by Gasteiger charge is 2.28. The molecule has 1 aromatic carbocycles. The van der Waals surface area contributed by atoms with Crippen LogP contribution in [0.3, 0.4) is 0 Å². The van der Waals surface area contributed by atoms with Gasteiger partial charge in [0, 0.05) is 50.2 Å². The number of nitrogens with zero attached hydrogens (tertiary/aromatic N) is 3. The van der Waals surface area contributed by atoms with E-state index in [1.54, 1.807) is 37.3 Å². The molecule has 1 aliphatic rings. The van der Waals surface area contributed by atoms with Crippen molar-refractivity contribution < 1.29 is 19.1 Å². The summed E-state index contributed by atoms with van der Waals surface area (Å²) in [7, 11) is 5.06. The lowest BCUT2D eigenvalue weighted by Gasteiger charge is -2.34. The van der Waals surface area contributed by atoms with E-state index in [-0.39, 0.29) is 11.7 Å². The molecule has 0 unspecified atom stereocenters. The van der Waals surface area contributed by atoms with Crippen molar-refractivity contribution in [2.75, 3.05) is 46.9 Å². The van der Waals surface area contributed by atoms with Gasteiger partial charge in [0.1, 0.15) is 17.1 Å². The van der Waals surface area contributed by atoms with Crippen molar-refractivity contribution in [2.45, 2.75) is 13.8 Å². The summed E-state index contributed by atoms with van der Waals surface area (Å²) in [6.45, 7) is 6.75. The molecule has 0 spiro atoms. The number of methoxy groups -OCH3 is 2. The summed E-state index contributed by atoms with van der Waals surface area (Å²) in [5, 5.41) is 0. The van der Waals surface area contributed by atoms with E-state index in [1.807, 2.05) is 31.5 Å². The first-order valence-electron chi connectivity index (χ1n) is 9.76. The van der Waals surface area contributed by atoms with Gasteiger partial charge in [0.15, 0.2) is 5.78 Å². The van der Waals surface area contributed by atoms with Gasteiger partial charge in [-0.15, -0.1) is 0 Å². The van der Waals surface area contributed by atoms with Crippen molar-refractivity contribution in [1.82, 2.24) is 14.4 Å². The van der Waals surface area contributed by atoms with Gasteiger partial charge in [-0.2, -0.15) is 0 Å². The molecule has 0 N–H and O–H groups in total. The van der Waals surface area contributed by atoms with Crippen LogP contribution in [0.2, 0.25) is 0 Å². The van der Waals surface area contributed by atoms with Crippen molar-refractivity contribution >= 4 is 11.7 Å². The lowest BCUT2D eigenvalue weighted by atomic mass is 10.1. The van der Waals surface area contributed by atoms with E-state index in [9.17, 15) is 9.59 Å². The molecule has 156 valence electrons. The fourth-order valence-electron chi connectivity index (χ4n) is 3.76. The van der Waals surface area contributed by atoms with Crippen molar-refractivity contribution in [3.05, 3.63) is 46.8 Å². The Kier molecular flexibility index (Phi) is 6.27. The van der Waals surface area contributed by atoms with Gasteiger partial charge in [0.05, 0.1) is 20.8 Å². The predicted octanol–water partition coefficient (Wildman–Crippen LogP) is 2.30. The van der Waals surface area contributed by atoms with Gasteiger partial charge in [0.2, 0.25) is 0 Å². The zero-order chi connectivity index (χ0) is 21.1. The number of benzene rings is 1. The Morgan fingerprint density at radius 2 is 1.59 bits per heavy atom. The van der Waals surface area contributed by atoms with E-state index < -0.39 is 0 Å². The van der Waals surface area contributed by atoms with E-state index in [0.29, 0.717) is 49.8 Å². The van der Waals surface area contributed by atoms with Gasteiger partial charge in [0.25, 0.3) is 5.91 Å². The summed E-state index contributed by atoms with van der Waals surface area (Å²) in [6.07, 6.45) is 0. The van der Waals surface area contributed by atoms with Crippen molar-refractivity contribution in [3.63, 3.8) is 0 Å². The third-order valence-corrected chi connectivity index (χ3v) is 5.74. The summed E-state index contributed by atoms with van der Waals surface area (Å²) in [5.74, 6) is 1.01. The number of carbonyl (C=O) groups is 2. The fraction of sp³-hybridized carbons (Fsp3) is 0.455. The Bertz CT molecular complexity index is 889. The zero-order valence-electron chi connectivity index (χ0n) is 17.8. The number of piperazine rings is 1. The second-order valence-corrected chi connectivity index (χ2v) is 7.37. The molecule has 1 amide bonds. The van der Waals surface area contributed by atoms with E-state index >= 15 is 0 Å². The summed E-state index contributed by atoms with van der Waals surface area (Å²) < 4.78 is 12.8. The average Bonchev–Trinajstić information content (AvgIpc) is 3.00. The quantitative estimate of drug-likeness (QED) is 0.698. The lowest BCUT2D eigenvalue weighted by Crippen LogP contribution is -2.50. The fourth-order valence-corrected chi connectivity index (χ4v) is 3.76. The topological polar surface area (TPSA) is 64.0 Å². The van der Waals surface area contributed by atoms with E-state index in [1.165, 1.54) is 0 Å². The first kappa shape index (κ1) is 20.9. The summed E-state index contributed by atoms with van der Waals surface area (Å²) in [5.41, 5.74) is 3.29. The number of amides is 1. The van der Waals surface area contributed by atoms with Gasteiger partial charge in [-0.1, -0.05) is 6.07 Å². The van der Waals surface area contributed by atoms with E-state index in [4.69, 9.17) is 9.47 Å². The van der Waals surface area contributed by atoms with Crippen molar-refractivity contribution in [3.8, 4) is 11.5 Å². The third-order valence-electron chi connectivity index (χ3n) is 5.74. The number of carbonyl (C=O) groups excluding carboxylic acids is 2. The average molecular weight is 399 g/mol. The second kappa shape index (κ2) is 8.69. The smallest absolute Gasteiger partial charge is 0.261 e. The lowest BCUT2D eigenvalue weighted by molar-refractivity contribution is 0.0618. The molecule has 7 heteroatoms. The zero-order valence-corrected chi connectivity index (χ0v) is 17.8. The normalized spacial score (nSPS) is 14.7. The van der Waals surface area contributed by atoms with Crippen LogP contribution >= 0.6 is 0 Å². The standard InChI is InChI=1S/C22H29N3O4/c1-15-13-17(16(2)23(15)3)18(26)14-24-9-11-25(12-10-24)22(27)21-19(28-4)7-6-8-20(21)29-5/h6-8,13H,9-12,14H2,1-5H3. The van der Waals surface area contributed by atoms with Crippen LogP contribution in [-0.2, 0) is 7.05 Å². The SMILES string of the molecule is COc1cccc(OC)c1C(=O)N1CCN(CC(=O)c2cc(C)n(C)c2C)CC1. The molecule has 29 heavy (non-hydrogen) atoms. The summed E-state index contributed by atoms with van der Waals surface area (Å²) >= 11 is 0. The van der Waals surface area contributed by atoms with Crippen LogP contribution in [0.15, 0.2) is 24.3 Å². The molecule has 1 fully saturated rings. The van der Waals surface area contributed by atoms with Gasteiger partial charge < -0.3 is 18.9 Å². The molecule has 7 nitrogen and oxygen atoms in total. The number of aromatic nitrogens is 1. The highest BCUT2D eigenvalue weighted by Crippen LogP contribution is 2.30. The largest absolute Gasteiger partial charge is 0.496 e. The number of ketones is 1. The Morgan fingerprint density at radius 1 is 1.00 bits per heavy atom. The number of Topliss-reactive ketones (excluding diaryl/α,β-unsaturated/α-hetero) is 1. The van der Waals surface area contributed by atoms with Crippen LogP contribution < -0.4 is 9.47 Å². The molecule has 0 radical (unpaired) electrons. The monoisotopic (exact) mass is 399 g/mol. The molecule has 0 bridgehead atoms. The first-order valence-corrected chi connectivity index (χ1v) is 9.76. The minimum absolute atomic E-state index is 0.111. The molecule has 1 saturated heterocycles. The highest BCUT2D eigenvalue weighted by atomic mass is 16.5. The molecule has 3 rings (SSSR count). The summed E-state index contributed by atoms with van der Waals surface area (Å²) in [4.78, 5) is 29.7. The van der Waals surface area contributed by atoms with Gasteiger partial charge in [-0.05, 0) is 32.0 Å². The van der Waals surface area contributed by atoms with Crippen LogP contribution in [0.25, 0.3) is 0 Å². The Balaban J connectivity index is 1.64. The Hall–Kier alpha value is -2.80. The maximum atomic E-state index is 13.1. The van der Waals surface area contributed by atoms with Gasteiger partial charge in [-0.3, -0.25) is 14.5 Å². The molecule has 1 aliphatic heterocycles. The van der Waals surface area contributed by atoms with Crippen LogP contribution in [0, 0.1) is 13.8 Å². The predicted molar refractivity (Wildman–Crippen MR) is 111 cm³/mol. The maximum Gasteiger partial charge on any atom is 0.261 e. The van der Waals surface area contributed by atoms with Crippen LogP contribution in [0.1, 0.15) is 32.1 Å². The Morgan fingerprint density at radius 3 is 2.07 bits per heavy atom. The molecule has 2 heterocycles.